The van der Waals surface area contributed by atoms with Gasteiger partial charge < -0.3 is 19.6 Å². The Balaban J connectivity index is 0.00000243. The van der Waals surface area contributed by atoms with Crippen LogP contribution in [0.1, 0.15) is 25.5 Å². The van der Waals surface area contributed by atoms with Gasteiger partial charge in [0.15, 0.2) is 5.96 Å². The van der Waals surface area contributed by atoms with Gasteiger partial charge in [-0.3, -0.25) is 9.89 Å². The van der Waals surface area contributed by atoms with E-state index in [2.05, 4.69) is 37.1 Å². The molecule has 0 aliphatic carbocycles. The van der Waals surface area contributed by atoms with Crippen molar-refractivity contribution in [2.75, 3.05) is 59.4 Å². The monoisotopic (exact) mass is 476 g/mol. The molecule has 0 bridgehead atoms. The molecule has 0 aromatic carbocycles. The number of aromatic nitrogens is 1. The molecule has 2 aliphatic heterocycles. The van der Waals surface area contributed by atoms with Crippen molar-refractivity contribution in [1.82, 2.24) is 25.2 Å². The standard InChI is InChI=1S/C18H32N6O.HI/c1-16-3-7-22(8-4-16)9-6-20-18(19-2)24-12-10-23(11-13-24)15-17-5-14-25-21-17;/h5,14,16H,3-4,6-13,15H2,1-2H3,(H,19,20);1H. The second kappa shape index (κ2) is 11.1. The fraction of sp³-hybridized carbons (Fsp3) is 0.778. The van der Waals surface area contributed by atoms with E-state index < -0.39 is 0 Å². The second-order valence-electron chi connectivity index (χ2n) is 7.25. The highest BCUT2D eigenvalue weighted by Crippen LogP contribution is 2.15. The van der Waals surface area contributed by atoms with Crippen molar-refractivity contribution in [3.05, 3.63) is 18.0 Å². The van der Waals surface area contributed by atoms with Crippen LogP contribution in [0.5, 0.6) is 0 Å². The van der Waals surface area contributed by atoms with Crippen molar-refractivity contribution in [3.8, 4) is 0 Å². The zero-order valence-electron chi connectivity index (χ0n) is 16.1. The fourth-order valence-corrected chi connectivity index (χ4v) is 3.61. The first-order valence-electron chi connectivity index (χ1n) is 9.54. The summed E-state index contributed by atoms with van der Waals surface area (Å²) < 4.78 is 4.91. The molecule has 2 aliphatic rings. The van der Waals surface area contributed by atoms with Gasteiger partial charge in [0.05, 0.1) is 5.69 Å². The van der Waals surface area contributed by atoms with Gasteiger partial charge >= 0.3 is 0 Å². The number of aliphatic imine (C=N–C) groups is 1. The molecule has 1 N–H and O–H groups in total. The van der Waals surface area contributed by atoms with E-state index in [1.807, 2.05) is 13.1 Å². The molecule has 0 radical (unpaired) electrons. The van der Waals surface area contributed by atoms with E-state index >= 15 is 0 Å². The van der Waals surface area contributed by atoms with E-state index in [9.17, 15) is 0 Å². The third-order valence-electron chi connectivity index (χ3n) is 5.35. The Kier molecular flexibility index (Phi) is 9.13. The molecule has 7 nitrogen and oxygen atoms in total. The van der Waals surface area contributed by atoms with Gasteiger partial charge in [-0.25, -0.2) is 0 Å². The summed E-state index contributed by atoms with van der Waals surface area (Å²) in [4.78, 5) is 11.8. The minimum Gasteiger partial charge on any atom is -0.364 e. The Hall–Kier alpha value is -0.870. The summed E-state index contributed by atoms with van der Waals surface area (Å²) in [5.74, 6) is 1.93. The highest BCUT2D eigenvalue weighted by atomic mass is 127. The topological polar surface area (TPSA) is 60.1 Å². The normalized spacial score (nSPS) is 20.8. The van der Waals surface area contributed by atoms with E-state index in [0.29, 0.717) is 0 Å². The number of halogens is 1. The summed E-state index contributed by atoms with van der Waals surface area (Å²) in [6.07, 6.45) is 4.31. The number of hydrogen-bond acceptors (Lipinski definition) is 5. The predicted molar refractivity (Wildman–Crippen MR) is 115 cm³/mol. The summed E-state index contributed by atoms with van der Waals surface area (Å²) in [7, 11) is 1.88. The van der Waals surface area contributed by atoms with Crippen LogP contribution in [0.2, 0.25) is 0 Å². The lowest BCUT2D eigenvalue weighted by Gasteiger charge is -2.36. The number of guanidine groups is 1. The maximum atomic E-state index is 4.91. The first-order chi connectivity index (χ1) is 12.2. The third kappa shape index (κ3) is 6.38. The molecule has 148 valence electrons. The summed E-state index contributed by atoms with van der Waals surface area (Å²) in [5.41, 5.74) is 1.01. The van der Waals surface area contributed by atoms with E-state index in [1.54, 1.807) is 6.26 Å². The van der Waals surface area contributed by atoms with Crippen LogP contribution in [0.3, 0.4) is 0 Å². The largest absolute Gasteiger partial charge is 0.364 e. The molecule has 1 aromatic heterocycles. The number of nitrogens with one attached hydrogen (secondary N) is 1. The highest BCUT2D eigenvalue weighted by molar-refractivity contribution is 14.0. The van der Waals surface area contributed by atoms with Gasteiger partial charge in [0, 0.05) is 58.9 Å². The summed E-state index contributed by atoms with van der Waals surface area (Å²) in [6, 6.07) is 1.94. The van der Waals surface area contributed by atoms with Crippen LogP contribution in [0.4, 0.5) is 0 Å². The van der Waals surface area contributed by atoms with Gasteiger partial charge in [-0.1, -0.05) is 12.1 Å². The van der Waals surface area contributed by atoms with E-state index in [1.165, 1.54) is 25.9 Å². The Morgan fingerprint density at radius 2 is 1.92 bits per heavy atom. The Morgan fingerprint density at radius 3 is 2.54 bits per heavy atom. The molecule has 2 saturated heterocycles. The summed E-state index contributed by atoms with van der Waals surface area (Å²) >= 11 is 0. The number of piperazine rings is 1. The van der Waals surface area contributed by atoms with Crippen LogP contribution in [0.15, 0.2) is 21.8 Å². The van der Waals surface area contributed by atoms with Crippen LogP contribution in [-0.4, -0.2) is 85.2 Å². The van der Waals surface area contributed by atoms with E-state index in [4.69, 9.17) is 4.52 Å². The molecule has 0 spiro atoms. The van der Waals surface area contributed by atoms with Crippen LogP contribution in [0, 0.1) is 5.92 Å². The lowest BCUT2D eigenvalue weighted by molar-refractivity contribution is 0.167. The van der Waals surface area contributed by atoms with Crippen molar-refractivity contribution in [3.63, 3.8) is 0 Å². The maximum Gasteiger partial charge on any atom is 0.193 e. The smallest absolute Gasteiger partial charge is 0.193 e. The van der Waals surface area contributed by atoms with Crippen molar-refractivity contribution >= 4 is 29.9 Å². The van der Waals surface area contributed by atoms with Gasteiger partial charge in [0.25, 0.3) is 0 Å². The highest BCUT2D eigenvalue weighted by Gasteiger charge is 2.20. The van der Waals surface area contributed by atoms with Gasteiger partial charge in [0.2, 0.25) is 0 Å². The first kappa shape index (κ1) is 21.4. The fourth-order valence-electron chi connectivity index (χ4n) is 3.61. The first-order valence-corrected chi connectivity index (χ1v) is 9.54. The number of likely N-dealkylation sites (tertiary alicyclic amines) is 1. The second-order valence-corrected chi connectivity index (χ2v) is 7.25. The quantitative estimate of drug-likeness (QED) is 0.397. The molecule has 3 heterocycles. The number of piperidine rings is 1. The molecule has 0 amide bonds. The third-order valence-corrected chi connectivity index (χ3v) is 5.35. The maximum absolute atomic E-state index is 4.91. The van der Waals surface area contributed by atoms with Crippen LogP contribution < -0.4 is 5.32 Å². The Bertz CT molecular complexity index is 522. The molecule has 8 heteroatoms. The van der Waals surface area contributed by atoms with Crippen LogP contribution in [0.25, 0.3) is 0 Å². The van der Waals surface area contributed by atoms with Crippen molar-refractivity contribution in [2.45, 2.75) is 26.3 Å². The number of hydrogen-bond donors (Lipinski definition) is 1. The van der Waals surface area contributed by atoms with Crippen molar-refractivity contribution in [1.29, 1.82) is 0 Å². The summed E-state index contributed by atoms with van der Waals surface area (Å²) in [5, 5.41) is 7.55. The molecule has 3 rings (SSSR count). The van der Waals surface area contributed by atoms with Gasteiger partial charge in [-0.15, -0.1) is 24.0 Å². The van der Waals surface area contributed by atoms with E-state index in [0.717, 1.165) is 63.4 Å². The van der Waals surface area contributed by atoms with E-state index in [-0.39, 0.29) is 24.0 Å². The summed E-state index contributed by atoms with van der Waals surface area (Å²) in [6.45, 7) is 11.8. The molecule has 0 atom stereocenters. The molecule has 2 fully saturated rings. The minimum absolute atomic E-state index is 0. The molecular formula is C18H33IN6O. The average molecular weight is 476 g/mol. The zero-order valence-corrected chi connectivity index (χ0v) is 18.4. The van der Waals surface area contributed by atoms with Crippen molar-refractivity contribution < 1.29 is 4.52 Å². The molecule has 26 heavy (non-hydrogen) atoms. The Morgan fingerprint density at radius 1 is 1.19 bits per heavy atom. The predicted octanol–water partition coefficient (Wildman–Crippen LogP) is 1.72. The van der Waals surface area contributed by atoms with Gasteiger partial charge in [-0.2, -0.15) is 0 Å². The van der Waals surface area contributed by atoms with Crippen molar-refractivity contribution in [2.24, 2.45) is 10.9 Å². The van der Waals surface area contributed by atoms with Crippen LogP contribution in [-0.2, 0) is 6.54 Å². The SMILES string of the molecule is CN=C(NCCN1CCC(C)CC1)N1CCN(Cc2ccon2)CC1.I. The molecule has 0 saturated carbocycles. The Labute approximate surface area is 174 Å². The minimum atomic E-state index is 0. The van der Waals surface area contributed by atoms with Gasteiger partial charge in [-0.05, 0) is 31.8 Å². The molecular weight excluding hydrogens is 443 g/mol. The molecule has 1 aromatic rings. The van der Waals surface area contributed by atoms with Crippen LogP contribution >= 0.6 is 24.0 Å². The van der Waals surface area contributed by atoms with Gasteiger partial charge in [0.1, 0.15) is 6.26 Å². The molecule has 0 unspecified atom stereocenters. The lowest BCUT2D eigenvalue weighted by Crippen LogP contribution is -2.53. The zero-order chi connectivity index (χ0) is 17.5. The number of rotatable bonds is 5. The lowest BCUT2D eigenvalue weighted by atomic mass is 9.99. The average Bonchev–Trinajstić information content (AvgIpc) is 3.14. The number of nitrogens with zero attached hydrogens (tertiary/aromatic N) is 5.